The number of nitrogens with two attached hydrogens (primary N) is 1. The lowest BCUT2D eigenvalue weighted by atomic mass is 9.90. The molecule has 2 aromatic rings. The molecular formula is C23H29NO3. The van der Waals surface area contributed by atoms with Gasteiger partial charge in [-0.2, -0.15) is 0 Å². The van der Waals surface area contributed by atoms with E-state index in [1.807, 2.05) is 24.3 Å². The fraction of sp³-hybridized carbons (Fsp3) is 0.435. The minimum absolute atomic E-state index is 0.215. The van der Waals surface area contributed by atoms with E-state index in [-0.39, 0.29) is 5.97 Å². The van der Waals surface area contributed by atoms with Gasteiger partial charge in [0.25, 0.3) is 0 Å². The Labute approximate surface area is 161 Å². The van der Waals surface area contributed by atoms with Gasteiger partial charge in [-0.15, -0.1) is 0 Å². The molecule has 4 heteroatoms. The molecule has 144 valence electrons. The molecule has 1 fully saturated rings. The van der Waals surface area contributed by atoms with E-state index in [0.717, 1.165) is 22.4 Å². The summed E-state index contributed by atoms with van der Waals surface area (Å²) in [7, 11) is 1.41. The van der Waals surface area contributed by atoms with Gasteiger partial charge in [-0.05, 0) is 48.4 Å². The minimum atomic E-state index is -0.215. The summed E-state index contributed by atoms with van der Waals surface area (Å²) in [5.41, 5.74) is 10.1. The number of nitrogen functional groups attached to an aromatic ring is 1. The average Bonchev–Trinajstić information content (AvgIpc) is 2.72. The number of aryl methyl sites for hydroxylation is 1. The second-order valence-corrected chi connectivity index (χ2v) is 7.32. The molecule has 0 spiro atoms. The molecule has 1 aliphatic carbocycles. The number of esters is 1. The molecule has 0 unspecified atom stereocenters. The van der Waals surface area contributed by atoms with Gasteiger partial charge in [0.05, 0.1) is 19.4 Å². The first-order valence-electron chi connectivity index (χ1n) is 9.85. The molecule has 0 atom stereocenters. The largest absolute Gasteiger partial charge is 0.490 e. The first-order valence-corrected chi connectivity index (χ1v) is 9.85. The Balaban J connectivity index is 1.84. The van der Waals surface area contributed by atoms with Crippen LogP contribution in [-0.2, 0) is 16.0 Å². The van der Waals surface area contributed by atoms with Crippen LogP contribution in [0.5, 0.6) is 5.75 Å². The summed E-state index contributed by atoms with van der Waals surface area (Å²) in [6.45, 7) is 0.714. The maximum Gasteiger partial charge on any atom is 0.305 e. The molecular weight excluding hydrogens is 338 g/mol. The predicted octanol–water partition coefficient (Wildman–Crippen LogP) is 5.00. The fourth-order valence-electron chi connectivity index (χ4n) is 3.75. The number of methoxy groups -OCH3 is 1. The lowest BCUT2D eigenvalue weighted by molar-refractivity contribution is -0.140. The molecule has 0 amide bonds. The molecule has 0 radical (unpaired) electrons. The summed E-state index contributed by atoms with van der Waals surface area (Å²) < 4.78 is 11.0. The van der Waals surface area contributed by atoms with Crippen LogP contribution in [0.1, 0.15) is 44.1 Å². The molecule has 0 saturated heterocycles. The van der Waals surface area contributed by atoms with Gasteiger partial charge in [-0.1, -0.05) is 49.6 Å². The van der Waals surface area contributed by atoms with Crippen molar-refractivity contribution in [3.63, 3.8) is 0 Å². The van der Waals surface area contributed by atoms with Crippen LogP contribution < -0.4 is 10.5 Å². The number of hydrogen-bond donors (Lipinski definition) is 1. The molecule has 2 N–H and O–H groups in total. The van der Waals surface area contributed by atoms with Crippen molar-refractivity contribution < 1.29 is 14.3 Å². The van der Waals surface area contributed by atoms with Crippen LogP contribution in [-0.4, -0.2) is 19.7 Å². The predicted molar refractivity (Wildman–Crippen MR) is 109 cm³/mol. The highest BCUT2D eigenvalue weighted by Crippen LogP contribution is 2.37. The smallest absolute Gasteiger partial charge is 0.305 e. The van der Waals surface area contributed by atoms with Crippen molar-refractivity contribution in [2.75, 3.05) is 19.5 Å². The van der Waals surface area contributed by atoms with E-state index in [9.17, 15) is 4.79 Å². The SMILES string of the molecule is COC(=O)CCc1cc(N)c(OCC2CCCCC2)c(-c2ccccc2)c1. The van der Waals surface area contributed by atoms with E-state index < -0.39 is 0 Å². The van der Waals surface area contributed by atoms with Crippen LogP contribution in [0.4, 0.5) is 5.69 Å². The van der Waals surface area contributed by atoms with Gasteiger partial charge in [0, 0.05) is 12.0 Å². The molecule has 0 aromatic heterocycles. The van der Waals surface area contributed by atoms with Gasteiger partial charge < -0.3 is 15.2 Å². The highest BCUT2D eigenvalue weighted by molar-refractivity contribution is 5.78. The summed E-state index contributed by atoms with van der Waals surface area (Å²) in [5.74, 6) is 1.15. The van der Waals surface area contributed by atoms with Crippen molar-refractivity contribution in [1.29, 1.82) is 0 Å². The summed E-state index contributed by atoms with van der Waals surface area (Å²) >= 11 is 0. The van der Waals surface area contributed by atoms with Crippen LogP contribution in [0.3, 0.4) is 0 Å². The maximum absolute atomic E-state index is 11.5. The number of ether oxygens (including phenoxy) is 2. The number of anilines is 1. The Morgan fingerprint density at radius 1 is 1.11 bits per heavy atom. The van der Waals surface area contributed by atoms with E-state index in [0.29, 0.717) is 31.1 Å². The van der Waals surface area contributed by atoms with Gasteiger partial charge >= 0.3 is 5.97 Å². The van der Waals surface area contributed by atoms with Gasteiger partial charge in [0.15, 0.2) is 0 Å². The van der Waals surface area contributed by atoms with Crippen LogP contribution in [0.25, 0.3) is 11.1 Å². The summed E-state index contributed by atoms with van der Waals surface area (Å²) in [6, 6.07) is 14.2. The maximum atomic E-state index is 11.5. The third kappa shape index (κ3) is 5.25. The zero-order chi connectivity index (χ0) is 19.1. The van der Waals surface area contributed by atoms with Crippen LogP contribution in [0.15, 0.2) is 42.5 Å². The van der Waals surface area contributed by atoms with Crippen molar-refractivity contribution in [1.82, 2.24) is 0 Å². The van der Waals surface area contributed by atoms with Crippen molar-refractivity contribution in [2.45, 2.75) is 44.9 Å². The number of benzene rings is 2. The normalized spacial score (nSPS) is 14.7. The highest BCUT2D eigenvalue weighted by atomic mass is 16.5. The third-order valence-corrected chi connectivity index (χ3v) is 5.30. The van der Waals surface area contributed by atoms with Crippen LogP contribution in [0, 0.1) is 5.92 Å². The first kappa shape index (κ1) is 19.3. The zero-order valence-electron chi connectivity index (χ0n) is 16.1. The Hall–Kier alpha value is -2.49. The van der Waals surface area contributed by atoms with E-state index in [4.69, 9.17) is 15.2 Å². The van der Waals surface area contributed by atoms with Gasteiger partial charge in [-0.25, -0.2) is 0 Å². The average molecular weight is 367 g/mol. The second-order valence-electron chi connectivity index (χ2n) is 7.32. The molecule has 27 heavy (non-hydrogen) atoms. The van der Waals surface area contributed by atoms with E-state index >= 15 is 0 Å². The van der Waals surface area contributed by atoms with E-state index in [1.54, 1.807) is 0 Å². The Morgan fingerprint density at radius 3 is 2.56 bits per heavy atom. The minimum Gasteiger partial charge on any atom is -0.490 e. The molecule has 4 nitrogen and oxygen atoms in total. The fourth-order valence-corrected chi connectivity index (χ4v) is 3.75. The van der Waals surface area contributed by atoms with Crippen LogP contribution >= 0.6 is 0 Å². The number of hydrogen-bond acceptors (Lipinski definition) is 4. The van der Waals surface area contributed by atoms with Crippen LogP contribution in [0.2, 0.25) is 0 Å². The Morgan fingerprint density at radius 2 is 1.85 bits per heavy atom. The van der Waals surface area contributed by atoms with Crippen molar-refractivity contribution in [2.24, 2.45) is 5.92 Å². The van der Waals surface area contributed by atoms with Gasteiger partial charge in [0.2, 0.25) is 0 Å². The molecule has 0 aliphatic heterocycles. The monoisotopic (exact) mass is 367 g/mol. The van der Waals surface area contributed by atoms with Gasteiger partial charge in [0.1, 0.15) is 5.75 Å². The summed E-state index contributed by atoms with van der Waals surface area (Å²) in [5, 5.41) is 0. The number of carbonyl (C=O) groups is 1. The summed E-state index contributed by atoms with van der Waals surface area (Å²) in [6.07, 6.45) is 7.33. The number of rotatable bonds is 7. The number of carbonyl (C=O) groups excluding carboxylic acids is 1. The van der Waals surface area contributed by atoms with Gasteiger partial charge in [-0.3, -0.25) is 4.79 Å². The third-order valence-electron chi connectivity index (χ3n) is 5.30. The molecule has 2 aromatic carbocycles. The zero-order valence-corrected chi connectivity index (χ0v) is 16.1. The molecule has 1 saturated carbocycles. The molecule has 0 heterocycles. The second kappa shape index (κ2) is 9.45. The van der Waals surface area contributed by atoms with Crippen molar-refractivity contribution >= 4 is 11.7 Å². The Kier molecular flexibility index (Phi) is 6.74. The first-order chi connectivity index (χ1) is 13.2. The quantitative estimate of drug-likeness (QED) is 0.552. The van der Waals surface area contributed by atoms with E-state index in [1.165, 1.54) is 39.2 Å². The molecule has 3 rings (SSSR count). The lowest BCUT2D eigenvalue weighted by Crippen LogP contribution is -2.16. The highest BCUT2D eigenvalue weighted by Gasteiger charge is 2.18. The molecule has 0 bridgehead atoms. The van der Waals surface area contributed by atoms with E-state index in [2.05, 4.69) is 18.2 Å². The standard InChI is InChI=1S/C23H29NO3/c1-26-22(25)13-12-18-14-20(19-10-6-3-7-11-19)23(21(24)15-18)27-16-17-8-4-2-5-9-17/h3,6-7,10-11,14-15,17H,2,4-5,8-9,12-13,16,24H2,1H3. The Bertz CT molecular complexity index is 752. The summed E-state index contributed by atoms with van der Waals surface area (Å²) in [4.78, 5) is 11.5. The molecule has 1 aliphatic rings. The van der Waals surface area contributed by atoms with Crippen molar-refractivity contribution in [3.8, 4) is 16.9 Å². The lowest BCUT2D eigenvalue weighted by Gasteiger charge is -2.23. The van der Waals surface area contributed by atoms with Crippen molar-refractivity contribution in [3.05, 3.63) is 48.0 Å². The topological polar surface area (TPSA) is 61.5 Å².